The summed E-state index contributed by atoms with van der Waals surface area (Å²) < 4.78 is 10.6. The molecule has 0 saturated heterocycles. The fraction of sp³-hybridized carbons (Fsp3) is 0.0714. The van der Waals surface area contributed by atoms with E-state index >= 15 is 0 Å². The molecule has 0 aliphatic heterocycles. The van der Waals surface area contributed by atoms with Gasteiger partial charge in [-0.15, -0.1) is 0 Å². The standard InChI is InChI=1S/C14H12N2O3/c15-10-6-13-11(16-14(17)19-13)7-12(10)18-8-9-4-2-1-3-5-9/h1-7H,8,15H2,(H,16,17). The van der Waals surface area contributed by atoms with Gasteiger partial charge in [-0.3, -0.25) is 4.98 Å². The van der Waals surface area contributed by atoms with Crippen LogP contribution in [0.15, 0.2) is 51.7 Å². The highest BCUT2D eigenvalue weighted by atomic mass is 16.5. The third-order valence-electron chi connectivity index (χ3n) is 2.79. The van der Waals surface area contributed by atoms with Crippen LogP contribution >= 0.6 is 0 Å². The molecule has 96 valence electrons. The second-order valence-electron chi connectivity index (χ2n) is 4.17. The van der Waals surface area contributed by atoms with Crippen molar-refractivity contribution in [1.29, 1.82) is 0 Å². The molecule has 3 aromatic rings. The molecule has 0 atom stereocenters. The van der Waals surface area contributed by atoms with Gasteiger partial charge in [-0.2, -0.15) is 0 Å². The largest absolute Gasteiger partial charge is 0.487 e. The summed E-state index contributed by atoms with van der Waals surface area (Å²) >= 11 is 0. The number of hydrogen-bond donors (Lipinski definition) is 2. The van der Waals surface area contributed by atoms with Crippen LogP contribution in [0.25, 0.3) is 11.1 Å². The zero-order valence-corrected chi connectivity index (χ0v) is 10.1. The van der Waals surface area contributed by atoms with Gasteiger partial charge in [0.2, 0.25) is 0 Å². The summed E-state index contributed by atoms with van der Waals surface area (Å²) in [5.74, 6) is 0.0167. The van der Waals surface area contributed by atoms with Crippen molar-refractivity contribution in [2.24, 2.45) is 0 Å². The first-order chi connectivity index (χ1) is 9.22. The first-order valence-corrected chi connectivity index (χ1v) is 5.81. The van der Waals surface area contributed by atoms with Gasteiger partial charge in [-0.1, -0.05) is 30.3 Å². The maximum Gasteiger partial charge on any atom is 0.417 e. The third-order valence-corrected chi connectivity index (χ3v) is 2.79. The van der Waals surface area contributed by atoms with E-state index < -0.39 is 5.76 Å². The lowest BCUT2D eigenvalue weighted by molar-refractivity contribution is 0.308. The van der Waals surface area contributed by atoms with Crippen LogP contribution in [0.3, 0.4) is 0 Å². The Balaban J connectivity index is 1.88. The Morgan fingerprint density at radius 3 is 2.79 bits per heavy atom. The number of oxazole rings is 1. The molecule has 19 heavy (non-hydrogen) atoms. The van der Waals surface area contributed by atoms with Crippen LogP contribution in [0.2, 0.25) is 0 Å². The number of nitrogen functional groups attached to an aromatic ring is 1. The Kier molecular flexibility index (Phi) is 2.72. The Morgan fingerprint density at radius 1 is 1.21 bits per heavy atom. The van der Waals surface area contributed by atoms with Gasteiger partial charge in [0, 0.05) is 12.1 Å². The molecule has 0 aliphatic carbocycles. The van der Waals surface area contributed by atoms with E-state index in [4.69, 9.17) is 14.9 Å². The van der Waals surface area contributed by atoms with Gasteiger partial charge in [0.05, 0.1) is 11.2 Å². The maximum atomic E-state index is 11.1. The molecule has 0 fully saturated rings. The zero-order valence-electron chi connectivity index (χ0n) is 10.1. The Labute approximate surface area is 108 Å². The van der Waals surface area contributed by atoms with Crippen LogP contribution in [0.5, 0.6) is 5.75 Å². The molecule has 0 radical (unpaired) electrons. The highest BCUT2D eigenvalue weighted by Gasteiger charge is 2.07. The molecule has 0 aliphatic rings. The number of rotatable bonds is 3. The average Bonchev–Trinajstić information content (AvgIpc) is 2.76. The summed E-state index contributed by atoms with van der Waals surface area (Å²) in [5.41, 5.74) is 8.34. The second kappa shape index (κ2) is 4.53. The lowest BCUT2D eigenvalue weighted by Crippen LogP contribution is -1.98. The van der Waals surface area contributed by atoms with Crippen LogP contribution in [-0.2, 0) is 6.61 Å². The molecule has 5 heteroatoms. The molecule has 3 rings (SSSR count). The predicted molar refractivity (Wildman–Crippen MR) is 72.0 cm³/mol. The van der Waals surface area contributed by atoms with E-state index in [1.165, 1.54) is 0 Å². The van der Waals surface area contributed by atoms with Crippen molar-refractivity contribution in [1.82, 2.24) is 4.98 Å². The van der Waals surface area contributed by atoms with Crippen LogP contribution in [0.1, 0.15) is 5.56 Å². The van der Waals surface area contributed by atoms with E-state index in [1.54, 1.807) is 12.1 Å². The number of nitrogens with two attached hydrogens (primary N) is 1. The first kappa shape index (κ1) is 11.4. The third kappa shape index (κ3) is 2.30. The minimum absolute atomic E-state index is 0.415. The van der Waals surface area contributed by atoms with E-state index in [0.717, 1.165) is 5.56 Å². The molecule has 0 spiro atoms. The molecule has 0 saturated carbocycles. The van der Waals surface area contributed by atoms with Crippen molar-refractivity contribution in [2.75, 3.05) is 5.73 Å². The molecule has 1 aromatic heterocycles. The van der Waals surface area contributed by atoms with E-state index in [-0.39, 0.29) is 0 Å². The Morgan fingerprint density at radius 2 is 2.00 bits per heavy atom. The van der Waals surface area contributed by atoms with E-state index in [2.05, 4.69) is 4.98 Å². The molecule has 2 aromatic carbocycles. The van der Waals surface area contributed by atoms with E-state index in [9.17, 15) is 4.79 Å². The molecule has 5 nitrogen and oxygen atoms in total. The summed E-state index contributed by atoms with van der Waals surface area (Å²) in [5, 5.41) is 0. The van der Waals surface area contributed by atoms with Gasteiger partial charge in [-0.25, -0.2) is 4.79 Å². The molecular weight excluding hydrogens is 244 g/mol. The van der Waals surface area contributed by atoms with Crippen LogP contribution in [0, 0.1) is 0 Å². The summed E-state index contributed by atoms with van der Waals surface area (Å²) in [7, 11) is 0. The zero-order chi connectivity index (χ0) is 13.2. The molecule has 0 amide bonds. The van der Waals surface area contributed by atoms with Crippen LogP contribution < -0.4 is 16.2 Å². The summed E-state index contributed by atoms with van der Waals surface area (Å²) in [4.78, 5) is 13.7. The van der Waals surface area contributed by atoms with E-state index in [1.807, 2.05) is 30.3 Å². The smallest absolute Gasteiger partial charge is 0.417 e. The lowest BCUT2D eigenvalue weighted by Gasteiger charge is -2.08. The van der Waals surface area contributed by atoms with Crippen molar-refractivity contribution in [2.45, 2.75) is 6.61 Å². The molecule has 1 heterocycles. The van der Waals surface area contributed by atoms with Crippen LogP contribution in [0.4, 0.5) is 5.69 Å². The fourth-order valence-corrected chi connectivity index (χ4v) is 1.85. The molecule has 0 bridgehead atoms. The van der Waals surface area contributed by atoms with Gasteiger partial charge in [0.25, 0.3) is 0 Å². The van der Waals surface area contributed by atoms with Crippen molar-refractivity contribution in [3.05, 3.63) is 58.6 Å². The quantitative estimate of drug-likeness (QED) is 0.704. The molecule has 3 N–H and O–H groups in total. The normalized spacial score (nSPS) is 10.7. The second-order valence-corrected chi connectivity index (χ2v) is 4.17. The summed E-state index contributed by atoms with van der Waals surface area (Å²) in [6.45, 7) is 0.415. The maximum absolute atomic E-state index is 11.1. The number of ether oxygens (including phenoxy) is 1. The number of H-pyrrole nitrogens is 1. The summed E-state index contributed by atoms with van der Waals surface area (Å²) in [6, 6.07) is 13.0. The topological polar surface area (TPSA) is 81.2 Å². The van der Waals surface area contributed by atoms with Gasteiger partial charge in [0.1, 0.15) is 12.4 Å². The predicted octanol–water partition coefficient (Wildman–Crippen LogP) is 2.28. The summed E-state index contributed by atoms with van der Waals surface area (Å²) in [6.07, 6.45) is 0. The minimum atomic E-state index is -0.505. The molecular formula is C14H12N2O3. The minimum Gasteiger partial charge on any atom is -0.487 e. The van der Waals surface area contributed by atoms with Crippen molar-refractivity contribution >= 4 is 16.8 Å². The number of aromatic amines is 1. The van der Waals surface area contributed by atoms with Crippen molar-refractivity contribution in [3.8, 4) is 5.75 Å². The van der Waals surface area contributed by atoms with Crippen LogP contribution in [-0.4, -0.2) is 4.98 Å². The molecule has 0 unspecified atom stereocenters. The number of benzene rings is 2. The lowest BCUT2D eigenvalue weighted by atomic mass is 10.2. The van der Waals surface area contributed by atoms with Gasteiger partial charge >= 0.3 is 5.76 Å². The van der Waals surface area contributed by atoms with Gasteiger partial charge in [0.15, 0.2) is 5.58 Å². The SMILES string of the molecule is Nc1cc2oc(=O)[nH]c2cc1OCc1ccccc1. The highest BCUT2D eigenvalue weighted by molar-refractivity contribution is 5.80. The Hall–Kier alpha value is -2.69. The van der Waals surface area contributed by atoms with Crippen molar-refractivity contribution < 1.29 is 9.15 Å². The number of aromatic nitrogens is 1. The average molecular weight is 256 g/mol. The first-order valence-electron chi connectivity index (χ1n) is 5.81. The van der Waals surface area contributed by atoms with Gasteiger partial charge in [-0.05, 0) is 5.56 Å². The number of fused-ring (bicyclic) bond motifs is 1. The van der Waals surface area contributed by atoms with Gasteiger partial charge < -0.3 is 14.9 Å². The Bertz CT molecular complexity index is 759. The number of nitrogens with one attached hydrogen (secondary N) is 1. The number of hydrogen-bond acceptors (Lipinski definition) is 4. The highest BCUT2D eigenvalue weighted by Crippen LogP contribution is 2.27. The van der Waals surface area contributed by atoms with E-state index in [0.29, 0.717) is 29.1 Å². The monoisotopic (exact) mass is 256 g/mol. The fourth-order valence-electron chi connectivity index (χ4n) is 1.85. The number of anilines is 1. The van der Waals surface area contributed by atoms with Crippen molar-refractivity contribution in [3.63, 3.8) is 0 Å².